The molecule has 0 saturated heterocycles. The lowest BCUT2D eigenvalue weighted by Gasteiger charge is -2.32. The summed E-state index contributed by atoms with van der Waals surface area (Å²) >= 11 is 0. The first-order valence-electron chi connectivity index (χ1n) is 8.42. The Labute approximate surface area is 146 Å². The molecule has 126 valence electrons. The van der Waals surface area contributed by atoms with Gasteiger partial charge in [0.05, 0.1) is 11.7 Å². The van der Waals surface area contributed by atoms with Crippen molar-refractivity contribution in [3.8, 4) is 5.82 Å². The number of amides is 1. The number of aromatic nitrogens is 4. The molecular weight excluding hydrogens is 314 g/mol. The Balaban J connectivity index is 1.62. The number of aryl methyl sites for hydroxylation is 1. The molecule has 0 N–H and O–H groups in total. The summed E-state index contributed by atoms with van der Waals surface area (Å²) in [7, 11) is 1.83. The number of fused-ring (bicyclic) bond motifs is 1. The van der Waals surface area contributed by atoms with E-state index >= 15 is 0 Å². The number of nitrogens with zero attached hydrogens (tertiary/aromatic N) is 5. The van der Waals surface area contributed by atoms with Crippen molar-refractivity contribution in [2.45, 2.75) is 25.3 Å². The van der Waals surface area contributed by atoms with Gasteiger partial charge in [0, 0.05) is 25.6 Å². The third-order valence-corrected chi connectivity index (χ3v) is 4.65. The Morgan fingerprint density at radius 1 is 1.20 bits per heavy atom. The van der Waals surface area contributed by atoms with Crippen LogP contribution in [0.1, 0.15) is 40.6 Å². The zero-order valence-electron chi connectivity index (χ0n) is 14.0. The molecular formula is C19H19N5O. The van der Waals surface area contributed by atoms with Crippen LogP contribution in [0.25, 0.3) is 5.82 Å². The van der Waals surface area contributed by atoms with Crippen LogP contribution in [-0.2, 0) is 6.42 Å². The van der Waals surface area contributed by atoms with Gasteiger partial charge in [0.1, 0.15) is 5.69 Å². The summed E-state index contributed by atoms with van der Waals surface area (Å²) < 4.78 is 1.65. The standard InChI is InChI=1S/C19H19N5O/c1-23(16-9-2-6-14-7-4-11-20-18(14)16)19(25)15-8-3-10-17(22-15)24-13-5-12-21-24/h3-5,7-8,10-13,16H,2,6,9H2,1H3. The first kappa shape index (κ1) is 15.5. The summed E-state index contributed by atoms with van der Waals surface area (Å²) in [5, 5.41) is 4.17. The van der Waals surface area contributed by atoms with Gasteiger partial charge in [-0.3, -0.25) is 9.78 Å². The van der Waals surface area contributed by atoms with Crippen molar-refractivity contribution < 1.29 is 4.79 Å². The second-order valence-corrected chi connectivity index (χ2v) is 6.20. The summed E-state index contributed by atoms with van der Waals surface area (Å²) in [6.07, 6.45) is 8.29. The van der Waals surface area contributed by atoms with Crippen LogP contribution in [0, 0.1) is 0 Å². The molecule has 0 radical (unpaired) electrons. The Kier molecular flexibility index (Phi) is 4.01. The third kappa shape index (κ3) is 2.91. The maximum atomic E-state index is 13.0. The maximum Gasteiger partial charge on any atom is 0.272 e. The molecule has 1 atom stereocenters. The minimum atomic E-state index is -0.0995. The second-order valence-electron chi connectivity index (χ2n) is 6.20. The van der Waals surface area contributed by atoms with E-state index in [1.54, 1.807) is 28.0 Å². The Morgan fingerprint density at radius 2 is 2.12 bits per heavy atom. The molecule has 1 unspecified atom stereocenters. The Bertz CT molecular complexity index is 890. The van der Waals surface area contributed by atoms with Gasteiger partial charge in [-0.2, -0.15) is 5.10 Å². The van der Waals surface area contributed by atoms with Crippen LogP contribution in [0.5, 0.6) is 0 Å². The van der Waals surface area contributed by atoms with Gasteiger partial charge < -0.3 is 4.90 Å². The average Bonchev–Trinajstić information content (AvgIpc) is 3.21. The summed E-state index contributed by atoms with van der Waals surface area (Å²) in [5.74, 6) is 0.531. The molecule has 0 spiro atoms. The summed E-state index contributed by atoms with van der Waals surface area (Å²) in [6.45, 7) is 0. The SMILES string of the molecule is CN(C(=O)c1cccc(-n2cccn2)n1)C1CCCc2cccnc21. The van der Waals surface area contributed by atoms with Crippen molar-refractivity contribution in [1.29, 1.82) is 0 Å². The fourth-order valence-electron chi connectivity index (χ4n) is 3.36. The first-order valence-corrected chi connectivity index (χ1v) is 8.42. The molecule has 1 aliphatic rings. The van der Waals surface area contributed by atoms with E-state index in [0.717, 1.165) is 25.0 Å². The molecule has 0 aliphatic heterocycles. The van der Waals surface area contributed by atoms with E-state index in [2.05, 4.69) is 21.1 Å². The largest absolute Gasteiger partial charge is 0.332 e. The number of carbonyl (C=O) groups is 1. The van der Waals surface area contributed by atoms with Crippen LogP contribution in [0.3, 0.4) is 0 Å². The third-order valence-electron chi connectivity index (χ3n) is 4.65. The van der Waals surface area contributed by atoms with E-state index in [-0.39, 0.29) is 11.9 Å². The molecule has 0 saturated carbocycles. The molecule has 3 heterocycles. The topological polar surface area (TPSA) is 63.9 Å². The van der Waals surface area contributed by atoms with Crippen LogP contribution in [0.4, 0.5) is 0 Å². The number of hydrogen-bond donors (Lipinski definition) is 0. The van der Waals surface area contributed by atoms with Crippen molar-refractivity contribution >= 4 is 5.91 Å². The minimum Gasteiger partial charge on any atom is -0.332 e. The van der Waals surface area contributed by atoms with Crippen molar-refractivity contribution in [3.05, 3.63) is 71.9 Å². The van der Waals surface area contributed by atoms with Crippen molar-refractivity contribution in [2.24, 2.45) is 0 Å². The number of rotatable bonds is 3. The molecule has 0 fully saturated rings. The molecule has 25 heavy (non-hydrogen) atoms. The van der Waals surface area contributed by atoms with Crippen molar-refractivity contribution in [1.82, 2.24) is 24.6 Å². The van der Waals surface area contributed by atoms with Crippen molar-refractivity contribution in [3.63, 3.8) is 0 Å². The first-order chi connectivity index (χ1) is 12.2. The van der Waals surface area contributed by atoms with Crippen molar-refractivity contribution in [2.75, 3.05) is 7.05 Å². The van der Waals surface area contributed by atoms with E-state index < -0.39 is 0 Å². The lowest BCUT2D eigenvalue weighted by molar-refractivity contribution is 0.0705. The molecule has 6 nitrogen and oxygen atoms in total. The highest BCUT2D eigenvalue weighted by Crippen LogP contribution is 2.32. The lowest BCUT2D eigenvalue weighted by atomic mass is 9.91. The number of carbonyl (C=O) groups excluding carboxylic acids is 1. The molecule has 3 aromatic heterocycles. The minimum absolute atomic E-state index is 0.00684. The van der Waals surface area contributed by atoms with E-state index in [1.165, 1.54) is 5.56 Å². The quantitative estimate of drug-likeness (QED) is 0.739. The molecule has 1 amide bonds. The Hall–Kier alpha value is -3.02. The van der Waals surface area contributed by atoms with Crippen LogP contribution in [0.2, 0.25) is 0 Å². The summed E-state index contributed by atoms with van der Waals surface area (Å²) in [6, 6.07) is 11.3. The second kappa shape index (κ2) is 6.47. The zero-order valence-corrected chi connectivity index (χ0v) is 14.0. The predicted molar refractivity (Wildman–Crippen MR) is 93.4 cm³/mol. The molecule has 0 bridgehead atoms. The maximum absolute atomic E-state index is 13.0. The number of pyridine rings is 2. The van der Waals surface area contributed by atoms with Crippen LogP contribution in [0.15, 0.2) is 55.0 Å². The smallest absolute Gasteiger partial charge is 0.272 e. The van der Waals surface area contributed by atoms with Gasteiger partial charge >= 0.3 is 0 Å². The van der Waals surface area contributed by atoms with Gasteiger partial charge in [0.15, 0.2) is 5.82 Å². The zero-order chi connectivity index (χ0) is 17.2. The molecule has 1 aliphatic carbocycles. The molecule has 4 rings (SSSR count). The average molecular weight is 333 g/mol. The summed E-state index contributed by atoms with van der Waals surface area (Å²) in [4.78, 5) is 23.7. The molecule has 6 heteroatoms. The van der Waals surface area contributed by atoms with Crippen LogP contribution < -0.4 is 0 Å². The van der Waals surface area contributed by atoms with Gasteiger partial charge in [0.2, 0.25) is 0 Å². The van der Waals surface area contributed by atoms with Gasteiger partial charge in [0.25, 0.3) is 5.91 Å². The van der Waals surface area contributed by atoms with Gasteiger partial charge in [-0.1, -0.05) is 12.1 Å². The van der Waals surface area contributed by atoms with Gasteiger partial charge in [-0.05, 0) is 49.1 Å². The summed E-state index contributed by atoms with van der Waals surface area (Å²) in [5.41, 5.74) is 2.66. The normalized spacial score (nSPS) is 16.3. The fourth-order valence-corrected chi connectivity index (χ4v) is 3.36. The monoisotopic (exact) mass is 333 g/mol. The van der Waals surface area contributed by atoms with Crippen LogP contribution >= 0.6 is 0 Å². The van der Waals surface area contributed by atoms with Crippen LogP contribution in [-0.4, -0.2) is 37.6 Å². The van der Waals surface area contributed by atoms with Gasteiger partial charge in [-0.15, -0.1) is 0 Å². The van der Waals surface area contributed by atoms with E-state index in [1.807, 2.05) is 37.5 Å². The van der Waals surface area contributed by atoms with E-state index in [4.69, 9.17) is 0 Å². The highest BCUT2D eigenvalue weighted by Gasteiger charge is 2.29. The fraction of sp³-hybridized carbons (Fsp3) is 0.263. The van der Waals surface area contributed by atoms with E-state index in [9.17, 15) is 4.79 Å². The number of hydrogen-bond acceptors (Lipinski definition) is 4. The highest BCUT2D eigenvalue weighted by atomic mass is 16.2. The molecule has 3 aromatic rings. The predicted octanol–water partition coefficient (Wildman–Crippen LogP) is 2.81. The lowest BCUT2D eigenvalue weighted by Crippen LogP contribution is -2.34. The van der Waals surface area contributed by atoms with Gasteiger partial charge in [-0.25, -0.2) is 9.67 Å². The Morgan fingerprint density at radius 3 is 2.96 bits per heavy atom. The van der Waals surface area contributed by atoms with E-state index in [0.29, 0.717) is 11.5 Å². The highest BCUT2D eigenvalue weighted by molar-refractivity contribution is 5.92. The molecule has 0 aromatic carbocycles.